The highest BCUT2D eigenvalue weighted by molar-refractivity contribution is 6.03. The van der Waals surface area contributed by atoms with E-state index in [0.717, 1.165) is 5.56 Å². The van der Waals surface area contributed by atoms with E-state index < -0.39 is 0 Å². The molecule has 0 atom stereocenters. The number of carbonyl (C=O) groups excluding carboxylic acids is 1. The van der Waals surface area contributed by atoms with E-state index in [1.54, 1.807) is 26.2 Å². The number of hydrogen-bond acceptors (Lipinski definition) is 7. The second-order valence-electron chi connectivity index (χ2n) is 5.37. The third kappa shape index (κ3) is 3.92. The highest BCUT2D eigenvalue weighted by atomic mass is 16.5. The van der Waals surface area contributed by atoms with Crippen molar-refractivity contribution in [3.8, 4) is 5.75 Å². The van der Waals surface area contributed by atoms with E-state index in [1.807, 2.05) is 19.1 Å². The molecule has 1 amide bonds. The van der Waals surface area contributed by atoms with Crippen LogP contribution in [0, 0.1) is 13.8 Å². The molecule has 1 aromatic carbocycles. The van der Waals surface area contributed by atoms with Crippen LogP contribution >= 0.6 is 0 Å². The van der Waals surface area contributed by atoms with Gasteiger partial charge in [0.1, 0.15) is 17.2 Å². The van der Waals surface area contributed by atoms with E-state index in [0.29, 0.717) is 23.0 Å². The summed E-state index contributed by atoms with van der Waals surface area (Å²) in [4.78, 5) is 20.8. The van der Waals surface area contributed by atoms with Crippen molar-refractivity contribution in [2.45, 2.75) is 13.8 Å². The molecular weight excluding hydrogens is 322 g/mol. The number of carbonyl (C=O) groups is 1. The zero-order chi connectivity index (χ0) is 17.8. The molecule has 0 bridgehead atoms. The van der Waals surface area contributed by atoms with E-state index in [-0.39, 0.29) is 17.5 Å². The SMILES string of the molecule is COc1ccc(C)cc1NC(=O)c1ccnc(Nc2cc(C)on2)n1. The van der Waals surface area contributed by atoms with Gasteiger partial charge in [-0.1, -0.05) is 11.2 Å². The third-order valence-corrected chi connectivity index (χ3v) is 3.36. The molecule has 0 aliphatic rings. The van der Waals surface area contributed by atoms with Gasteiger partial charge in [0.25, 0.3) is 5.91 Å². The molecule has 0 saturated carbocycles. The lowest BCUT2D eigenvalue weighted by Crippen LogP contribution is -2.15. The van der Waals surface area contributed by atoms with Crippen LogP contribution < -0.4 is 15.4 Å². The standard InChI is InChI=1S/C17H17N5O3/c1-10-4-5-14(24-3)13(8-10)19-16(23)12-6-7-18-17(20-12)21-15-9-11(2)25-22-15/h4-9H,1-3H3,(H,19,23)(H,18,20,21,22). The second kappa shape index (κ2) is 7.00. The van der Waals surface area contributed by atoms with Crippen LogP contribution in [0.1, 0.15) is 21.8 Å². The van der Waals surface area contributed by atoms with E-state index >= 15 is 0 Å². The summed E-state index contributed by atoms with van der Waals surface area (Å²) in [6.07, 6.45) is 1.49. The Bertz CT molecular complexity index is 907. The molecule has 8 heteroatoms. The first-order chi connectivity index (χ1) is 12.0. The molecule has 0 unspecified atom stereocenters. The minimum absolute atomic E-state index is 0.210. The van der Waals surface area contributed by atoms with Gasteiger partial charge in [-0.25, -0.2) is 9.97 Å². The van der Waals surface area contributed by atoms with Crippen LogP contribution in [-0.4, -0.2) is 28.1 Å². The van der Waals surface area contributed by atoms with Gasteiger partial charge in [0.15, 0.2) is 5.82 Å². The third-order valence-electron chi connectivity index (χ3n) is 3.36. The highest BCUT2D eigenvalue weighted by Gasteiger charge is 2.13. The van der Waals surface area contributed by atoms with Crippen LogP contribution in [0.25, 0.3) is 0 Å². The lowest BCUT2D eigenvalue weighted by atomic mass is 10.2. The van der Waals surface area contributed by atoms with Gasteiger partial charge >= 0.3 is 0 Å². The predicted octanol–water partition coefficient (Wildman–Crippen LogP) is 3.09. The number of aryl methyl sites for hydroxylation is 2. The number of rotatable bonds is 5. The number of anilines is 3. The van der Waals surface area contributed by atoms with Crippen LogP contribution in [0.3, 0.4) is 0 Å². The van der Waals surface area contributed by atoms with E-state index in [1.165, 1.54) is 12.3 Å². The molecular formula is C17H17N5O3. The van der Waals surface area contributed by atoms with E-state index in [4.69, 9.17) is 9.26 Å². The molecule has 0 spiro atoms. The summed E-state index contributed by atoms with van der Waals surface area (Å²) in [6.45, 7) is 3.71. The van der Waals surface area contributed by atoms with Crippen molar-refractivity contribution in [3.05, 3.63) is 53.5 Å². The zero-order valence-corrected chi connectivity index (χ0v) is 14.0. The number of benzene rings is 1. The van der Waals surface area contributed by atoms with Crippen LogP contribution in [0.5, 0.6) is 5.75 Å². The van der Waals surface area contributed by atoms with Gasteiger partial charge in [-0.2, -0.15) is 0 Å². The Hall–Kier alpha value is -3.42. The normalized spacial score (nSPS) is 10.4. The second-order valence-corrected chi connectivity index (χ2v) is 5.37. The zero-order valence-electron chi connectivity index (χ0n) is 14.0. The van der Waals surface area contributed by atoms with Crippen molar-refractivity contribution >= 4 is 23.4 Å². The molecule has 0 aliphatic heterocycles. The summed E-state index contributed by atoms with van der Waals surface area (Å²) in [5, 5.41) is 9.48. The van der Waals surface area contributed by atoms with Crippen molar-refractivity contribution in [1.29, 1.82) is 0 Å². The van der Waals surface area contributed by atoms with Crippen molar-refractivity contribution in [2.24, 2.45) is 0 Å². The average molecular weight is 339 g/mol. The number of aromatic nitrogens is 3. The van der Waals surface area contributed by atoms with Crippen LogP contribution in [0.15, 0.2) is 41.1 Å². The molecule has 2 N–H and O–H groups in total. The fraction of sp³-hybridized carbons (Fsp3) is 0.176. The number of methoxy groups -OCH3 is 1. The summed E-state index contributed by atoms with van der Waals surface area (Å²) >= 11 is 0. The van der Waals surface area contributed by atoms with Gasteiger partial charge < -0.3 is 19.9 Å². The first kappa shape index (κ1) is 16.4. The first-order valence-electron chi connectivity index (χ1n) is 7.54. The Morgan fingerprint density at radius 2 is 2.04 bits per heavy atom. The monoisotopic (exact) mass is 339 g/mol. The lowest BCUT2D eigenvalue weighted by Gasteiger charge is -2.11. The number of nitrogens with one attached hydrogen (secondary N) is 2. The van der Waals surface area contributed by atoms with Gasteiger partial charge in [0.05, 0.1) is 12.8 Å². The predicted molar refractivity (Wildman–Crippen MR) is 92.2 cm³/mol. The average Bonchev–Trinajstić information content (AvgIpc) is 3.00. The van der Waals surface area contributed by atoms with Crippen molar-refractivity contribution in [1.82, 2.24) is 15.1 Å². The van der Waals surface area contributed by atoms with Gasteiger partial charge in [-0.15, -0.1) is 0 Å². The Morgan fingerprint density at radius 1 is 1.20 bits per heavy atom. The van der Waals surface area contributed by atoms with Crippen LogP contribution in [-0.2, 0) is 0 Å². The minimum Gasteiger partial charge on any atom is -0.495 e. The summed E-state index contributed by atoms with van der Waals surface area (Å²) in [5.41, 5.74) is 1.79. The number of nitrogens with zero attached hydrogens (tertiary/aromatic N) is 3. The summed E-state index contributed by atoms with van der Waals surface area (Å²) in [6, 6.07) is 8.76. The molecule has 0 radical (unpaired) electrons. The fourth-order valence-corrected chi connectivity index (χ4v) is 2.19. The summed E-state index contributed by atoms with van der Waals surface area (Å²) < 4.78 is 10.2. The molecule has 2 heterocycles. The maximum atomic E-state index is 12.5. The fourth-order valence-electron chi connectivity index (χ4n) is 2.19. The highest BCUT2D eigenvalue weighted by Crippen LogP contribution is 2.25. The maximum Gasteiger partial charge on any atom is 0.274 e. The Balaban J connectivity index is 1.78. The Labute approximate surface area is 144 Å². The van der Waals surface area contributed by atoms with E-state index in [2.05, 4.69) is 25.8 Å². The molecule has 3 rings (SSSR count). The quantitative estimate of drug-likeness (QED) is 0.736. The largest absolute Gasteiger partial charge is 0.495 e. The Kier molecular flexibility index (Phi) is 4.60. The first-order valence-corrected chi connectivity index (χ1v) is 7.54. The van der Waals surface area contributed by atoms with Gasteiger partial charge in [-0.05, 0) is 37.6 Å². The van der Waals surface area contributed by atoms with Crippen molar-refractivity contribution in [3.63, 3.8) is 0 Å². The molecule has 0 fully saturated rings. The topological polar surface area (TPSA) is 102 Å². The lowest BCUT2D eigenvalue weighted by molar-refractivity contribution is 0.102. The van der Waals surface area contributed by atoms with Crippen LogP contribution in [0.2, 0.25) is 0 Å². The molecule has 128 valence electrons. The van der Waals surface area contributed by atoms with Gasteiger partial charge in [0.2, 0.25) is 5.95 Å². The van der Waals surface area contributed by atoms with Crippen LogP contribution in [0.4, 0.5) is 17.5 Å². The maximum absolute atomic E-state index is 12.5. The molecule has 25 heavy (non-hydrogen) atoms. The van der Waals surface area contributed by atoms with Crippen molar-refractivity contribution < 1.29 is 14.1 Å². The number of ether oxygens (including phenoxy) is 1. The number of hydrogen-bond donors (Lipinski definition) is 2. The van der Waals surface area contributed by atoms with E-state index in [9.17, 15) is 4.79 Å². The van der Waals surface area contributed by atoms with Gasteiger partial charge in [-0.3, -0.25) is 4.79 Å². The number of amides is 1. The van der Waals surface area contributed by atoms with Crippen molar-refractivity contribution in [2.75, 3.05) is 17.7 Å². The molecule has 0 saturated heterocycles. The molecule has 8 nitrogen and oxygen atoms in total. The summed E-state index contributed by atoms with van der Waals surface area (Å²) in [5.74, 6) is 1.57. The summed E-state index contributed by atoms with van der Waals surface area (Å²) in [7, 11) is 1.55. The Morgan fingerprint density at radius 3 is 2.76 bits per heavy atom. The molecule has 0 aliphatic carbocycles. The van der Waals surface area contributed by atoms with Gasteiger partial charge in [0, 0.05) is 12.3 Å². The molecule has 3 aromatic rings. The smallest absolute Gasteiger partial charge is 0.274 e. The molecule has 2 aromatic heterocycles. The minimum atomic E-state index is -0.370.